The number of esters is 1. The topological polar surface area (TPSA) is 80.7 Å². The lowest BCUT2D eigenvalue weighted by Crippen LogP contribution is -2.12. The minimum atomic E-state index is -1.52. The number of fused-ring (bicyclic) bond motifs is 1. The van der Waals surface area contributed by atoms with E-state index in [1.807, 2.05) is 42.5 Å². The first-order valence-electron chi connectivity index (χ1n) is 7.31. The molecule has 1 N–H and O–H groups in total. The lowest BCUT2D eigenvalue weighted by atomic mass is 10.1. The maximum Gasteiger partial charge on any atom is 0.372 e. The highest BCUT2D eigenvalue weighted by Gasteiger charge is 2.16. The van der Waals surface area contributed by atoms with Crippen molar-refractivity contribution in [3.8, 4) is 0 Å². The van der Waals surface area contributed by atoms with Crippen molar-refractivity contribution in [1.82, 2.24) is 0 Å². The van der Waals surface area contributed by atoms with Gasteiger partial charge in [0.1, 0.15) is 0 Å². The summed E-state index contributed by atoms with van der Waals surface area (Å²) in [6.45, 7) is 1.87. The van der Waals surface area contributed by atoms with Crippen LogP contribution in [0.15, 0.2) is 58.3 Å². The van der Waals surface area contributed by atoms with Gasteiger partial charge in [-0.25, -0.2) is 9.59 Å². The minimum Gasteiger partial charge on any atom is -0.475 e. The second kappa shape index (κ2) is 8.31. The van der Waals surface area contributed by atoms with Gasteiger partial charge in [0, 0.05) is 11.3 Å². The molecule has 0 aliphatic heterocycles. The summed E-state index contributed by atoms with van der Waals surface area (Å²) in [6, 6.07) is 13.5. The standard InChI is InChI=1S/C18H16O5S/c1-2-23-18(22)16(10-9-15(19)17(20)21)24-14-8-7-12-5-3-4-6-13(12)11-14/h3-8,10-11H,2,9H2,1H3,(H,20,21). The van der Waals surface area contributed by atoms with Crippen molar-refractivity contribution in [2.45, 2.75) is 18.2 Å². The van der Waals surface area contributed by atoms with Gasteiger partial charge in [-0.1, -0.05) is 48.2 Å². The highest BCUT2D eigenvalue weighted by Crippen LogP contribution is 2.30. The predicted molar refractivity (Wildman–Crippen MR) is 91.8 cm³/mol. The summed E-state index contributed by atoms with van der Waals surface area (Å²) in [4.78, 5) is 34.9. The monoisotopic (exact) mass is 344 g/mol. The summed E-state index contributed by atoms with van der Waals surface area (Å²) in [5, 5.41) is 10.7. The van der Waals surface area contributed by atoms with Crippen molar-refractivity contribution in [1.29, 1.82) is 0 Å². The molecule has 0 fully saturated rings. The van der Waals surface area contributed by atoms with E-state index in [9.17, 15) is 14.4 Å². The van der Waals surface area contributed by atoms with Gasteiger partial charge in [-0.3, -0.25) is 4.79 Å². The van der Waals surface area contributed by atoms with E-state index in [0.717, 1.165) is 27.4 Å². The second-order valence-corrected chi connectivity index (χ2v) is 5.95. The van der Waals surface area contributed by atoms with Crippen LogP contribution in [0.2, 0.25) is 0 Å². The van der Waals surface area contributed by atoms with Crippen LogP contribution in [0.3, 0.4) is 0 Å². The molecule has 2 aromatic carbocycles. The maximum atomic E-state index is 12.0. The van der Waals surface area contributed by atoms with Crippen LogP contribution in [-0.2, 0) is 19.1 Å². The summed E-state index contributed by atoms with van der Waals surface area (Å²) < 4.78 is 4.97. The summed E-state index contributed by atoms with van der Waals surface area (Å²) in [6.07, 6.45) is 0.943. The first-order valence-corrected chi connectivity index (χ1v) is 8.13. The van der Waals surface area contributed by atoms with Crippen LogP contribution in [-0.4, -0.2) is 29.4 Å². The van der Waals surface area contributed by atoms with Gasteiger partial charge in [-0.2, -0.15) is 0 Å². The van der Waals surface area contributed by atoms with Gasteiger partial charge < -0.3 is 9.84 Å². The number of carboxylic acids is 1. The molecule has 0 spiro atoms. The van der Waals surface area contributed by atoms with E-state index in [1.165, 1.54) is 6.08 Å². The van der Waals surface area contributed by atoms with E-state index in [0.29, 0.717) is 0 Å². The van der Waals surface area contributed by atoms with Crippen molar-refractivity contribution in [3.63, 3.8) is 0 Å². The number of carbonyl (C=O) groups excluding carboxylic acids is 2. The molecular weight excluding hydrogens is 328 g/mol. The molecule has 2 rings (SSSR count). The number of ether oxygens (including phenoxy) is 1. The van der Waals surface area contributed by atoms with Crippen LogP contribution in [0, 0.1) is 0 Å². The lowest BCUT2D eigenvalue weighted by Gasteiger charge is -2.08. The Balaban J connectivity index is 2.25. The highest BCUT2D eigenvalue weighted by atomic mass is 32.2. The number of thioether (sulfide) groups is 1. The zero-order valence-electron chi connectivity index (χ0n) is 13.0. The number of hydrogen-bond donors (Lipinski definition) is 1. The first kappa shape index (κ1) is 17.7. The van der Waals surface area contributed by atoms with E-state index in [2.05, 4.69) is 0 Å². The van der Waals surface area contributed by atoms with Crippen molar-refractivity contribution < 1.29 is 24.2 Å². The summed E-state index contributed by atoms with van der Waals surface area (Å²) >= 11 is 1.15. The quantitative estimate of drug-likeness (QED) is 0.359. The number of rotatable bonds is 7. The number of benzene rings is 2. The van der Waals surface area contributed by atoms with Gasteiger partial charge in [0.05, 0.1) is 11.5 Å². The average molecular weight is 344 g/mol. The van der Waals surface area contributed by atoms with Crippen LogP contribution >= 0.6 is 11.8 Å². The Bertz CT molecular complexity index is 810. The molecular formula is C18H16O5S. The second-order valence-electron chi connectivity index (χ2n) is 4.83. The SMILES string of the molecule is CCOC(=O)C(=CCC(=O)C(=O)O)Sc1ccc2ccccc2c1. The average Bonchev–Trinajstić information content (AvgIpc) is 2.58. The number of aliphatic carboxylic acids is 1. The van der Waals surface area contributed by atoms with Crippen molar-refractivity contribution in [3.05, 3.63) is 53.4 Å². The predicted octanol–water partition coefficient (Wildman–Crippen LogP) is 3.42. The third kappa shape index (κ3) is 4.70. The van der Waals surface area contributed by atoms with Gasteiger partial charge in [0.25, 0.3) is 0 Å². The fourth-order valence-electron chi connectivity index (χ4n) is 2.00. The van der Waals surface area contributed by atoms with E-state index >= 15 is 0 Å². The molecule has 0 aliphatic carbocycles. The maximum absolute atomic E-state index is 12.0. The molecule has 0 atom stereocenters. The zero-order chi connectivity index (χ0) is 17.5. The van der Waals surface area contributed by atoms with Gasteiger partial charge in [0.2, 0.25) is 5.78 Å². The molecule has 0 saturated heterocycles. The number of ketones is 1. The fraction of sp³-hybridized carbons (Fsp3) is 0.167. The highest BCUT2D eigenvalue weighted by molar-refractivity contribution is 8.04. The van der Waals surface area contributed by atoms with E-state index in [4.69, 9.17) is 9.84 Å². The van der Waals surface area contributed by atoms with Crippen LogP contribution in [0.25, 0.3) is 10.8 Å². The number of hydrogen-bond acceptors (Lipinski definition) is 5. The minimum absolute atomic E-state index is 0.196. The van der Waals surface area contributed by atoms with Gasteiger partial charge in [-0.15, -0.1) is 0 Å². The Morgan fingerprint density at radius 3 is 2.50 bits per heavy atom. The number of carbonyl (C=O) groups is 3. The largest absolute Gasteiger partial charge is 0.475 e. The molecule has 6 heteroatoms. The molecule has 0 amide bonds. The van der Waals surface area contributed by atoms with Gasteiger partial charge >= 0.3 is 11.9 Å². The molecule has 24 heavy (non-hydrogen) atoms. The van der Waals surface area contributed by atoms with Crippen LogP contribution in [0.5, 0.6) is 0 Å². The molecule has 0 aromatic heterocycles. The Kier molecular flexibility index (Phi) is 6.14. The van der Waals surface area contributed by atoms with Gasteiger partial charge in [-0.05, 0) is 29.8 Å². The summed E-state index contributed by atoms with van der Waals surface area (Å²) in [7, 11) is 0. The fourth-order valence-corrected chi connectivity index (χ4v) is 2.88. The lowest BCUT2D eigenvalue weighted by molar-refractivity contribution is -0.148. The molecule has 124 valence electrons. The summed E-state index contributed by atoms with van der Waals surface area (Å²) in [5.41, 5.74) is 0. The van der Waals surface area contributed by atoms with Gasteiger partial charge in [0.15, 0.2) is 0 Å². The molecule has 0 unspecified atom stereocenters. The smallest absolute Gasteiger partial charge is 0.372 e. The zero-order valence-corrected chi connectivity index (χ0v) is 13.8. The number of carboxylic acid groups (broad SMARTS) is 1. The Labute approximate surface area is 143 Å². The Morgan fingerprint density at radius 1 is 1.12 bits per heavy atom. The molecule has 0 heterocycles. The molecule has 2 aromatic rings. The van der Waals surface area contributed by atoms with Crippen molar-refractivity contribution >= 4 is 40.3 Å². The third-order valence-corrected chi connectivity index (χ3v) is 4.18. The molecule has 0 saturated carbocycles. The van der Waals surface area contributed by atoms with E-state index < -0.39 is 17.7 Å². The molecule has 0 radical (unpaired) electrons. The number of Topliss-reactive ketones (excluding diaryl/α,β-unsaturated/α-hetero) is 1. The van der Waals surface area contributed by atoms with E-state index in [1.54, 1.807) is 6.92 Å². The van der Waals surface area contributed by atoms with E-state index in [-0.39, 0.29) is 17.9 Å². The van der Waals surface area contributed by atoms with Crippen LogP contribution < -0.4 is 0 Å². The normalized spacial score (nSPS) is 11.3. The Morgan fingerprint density at radius 2 is 1.83 bits per heavy atom. The van der Waals surface area contributed by atoms with Crippen LogP contribution in [0.1, 0.15) is 13.3 Å². The molecule has 0 bridgehead atoms. The Hall–Kier alpha value is -2.60. The van der Waals surface area contributed by atoms with Crippen molar-refractivity contribution in [2.24, 2.45) is 0 Å². The molecule has 5 nitrogen and oxygen atoms in total. The number of allylic oxidation sites excluding steroid dienone is 1. The molecule has 0 aliphatic rings. The van der Waals surface area contributed by atoms with Crippen molar-refractivity contribution in [2.75, 3.05) is 6.61 Å². The third-order valence-electron chi connectivity index (χ3n) is 3.14. The first-order chi connectivity index (χ1) is 11.5. The van der Waals surface area contributed by atoms with Crippen LogP contribution in [0.4, 0.5) is 0 Å². The summed E-state index contributed by atoms with van der Waals surface area (Å²) in [5.74, 6) is -3.07.